The fourth-order valence-corrected chi connectivity index (χ4v) is 12.3. The molecule has 0 bridgehead atoms. The Labute approximate surface area is 291 Å². The molecule has 0 saturated heterocycles. The maximum atomic E-state index is 10.2. The van der Waals surface area contributed by atoms with Gasteiger partial charge in [-0.3, -0.25) is 0 Å². The second kappa shape index (κ2) is 12.6. The van der Waals surface area contributed by atoms with Crippen molar-refractivity contribution in [3.63, 3.8) is 0 Å². The van der Waals surface area contributed by atoms with Crippen molar-refractivity contribution < 1.29 is 0 Å². The van der Waals surface area contributed by atoms with Gasteiger partial charge in [0.15, 0.2) is 8.07 Å². The molecule has 5 heteroatoms. The summed E-state index contributed by atoms with van der Waals surface area (Å²) in [7, 11) is -2.84. The summed E-state index contributed by atoms with van der Waals surface area (Å²) in [5.74, 6) is 0. The summed E-state index contributed by atoms with van der Waals surface area (Å²) >= 11 is 0. The topological polar surface area (TPSA) is 76.3 Å². The molecule has 0 radical (unpaired) electrons. The Morgan fingerprint density at radius 1 is 0.420 bits per heavy atom. The van der Waals surface area contributed by atoms with Gasteiger partial charge >= 0.3 is 0 Å². The van der Waals surface area contributed by atoms with Crippen LogP contribution in [-0.4, -0.2) is 12.6 Å². The molecule has 8 rings (SSSR count). The van der Waals surface area contributed by atoms with Crippen LogP contribution in [0.15, 0.2) is 170 Å². The van der Waals surface area contributed by atoms with E-state index in [4.69, 9.17) is 0 Å². The molecule has 4 nitrogen and oxygen atoms in total. The fourth-order valence-electron chi connectivity index (χ4n) is 7.48. The molecule has 0 aliphatic heterocycles. The zero-order chi connectivity index (χ0) is 34.1. The Hall–Kier alpha value is -6.97. The molecule has 7 aromatic carbocycles. The molecule has 0 amide bonds. The molecule has 0 saturated carbocycles. The third-order valence-corrected chi connectivity index (χ3v) is 14.4. The van der Waals surface area contributed by atoms with E-state index >= 15 is 0 Å². The molecule has 0 unspecified atom stereocenters. The number of para-hydroxylation sites is 1. The summed E-state index contributed by atoms with van der Waals surface area (Å²) < 4.78 is 2.16. The first-order valence-electron chi connectivity index (χ1n) is 16.4. The highest BCUT2D eigenvalue weighted by atomic mass is 28.3. The van der Waals surface area contributed by atoms with E-state index in [-0.39, 0.29) is 0 Å². The molecule has 0 aliphatic carbocycles. The van der Waals surface area contributed by atoms with Gasteiger partial charge in [0.2, 0.25) is 0 Å². The molecular formula is C45H28N4Si. The predicted molar refractivity (Wildman–Crippen MR) is 204 cm³/mol. The quantitative estimate of drug-likeness (QED) is 0.138. The Morgan fingerprint density at radius 3 is 1.56 bits per heavy atom. The van der Waals surface area contributed by atoms with E-state index in [0.717, 1.165) is 38.6 Å². The lowest BCUT2D eigenvalue weighted by molar-refractivity contribution is 1.17. The van der Waals surface area contributed by atoms with Crippen molar-refractivity contribution in [1.82, 2.24) is 4.57 Å². The smallest absolute Gasteiger partial charge is 0.179 e. The van der Waals surface area contributed by atoms with Gasteiger partial charge in [0.25, 0.3) is 0 Å². The number of aromatic nitrogens is 1. The molecule has 0 aliphatic rings. The first-order chi connectivity index (χ1) is 24.7. The van der Waals surface area contributed by atoms with Crippen molar-refractivity contribution >= 4 is 50.6 Å². The van der Waals surface area contributed by atoms with Crippen molar-refractivity contribution in [2.45, 2.75) is 0 Å². The minimum absolute atomic E-state index is 0.309. The van der Waals surface area contributed by atoms with Gasteiger partial charge in [-0.1, -0.05) is 133 Å². The van der Waals surface area contributed by atoms with Gasteiger partial charge in [-0.15, -0.1) is 0 Å². The summed E-state index contributed by atoms with van der Waals surface area (Å²) in [5, 5.41) is 37.1. The van der Waals surface area contributed by atoms with Gasteiger partial charge in [-0.25, -0.2) is 0 Å². The van der Waals surface area contributed by atoms with Crippen LogP contribution in [0.5, 0.6) is 0 Å². The van der Waals surface area contributed by atoms with Gasteiger partial charge in [0.1, 0.15) is 12.1 Å². The van der Waals surface area contributed by atoms with E-state index in [1.165, 1.54) is 20.7 Å². The van der Waals surface area contributed by atoms with Crippen LogP contribution in [-0.2, 0) is 0 Å². The number of hydrogen-bond donors (Lipinski definition) is 0. The molecule has 50 heavy (non-hydrogen) atoms. The molecule has 0 atom stereocenters. The Balaban J connectivity index is 1.47. The normalized spacial score (nSPS) is 11.1. The van der Waals surface area contributed by atoms with E-state index < -0.39 is 8.07 Å². The maximum Gasteiger partial charge on any atom is 0.179 e. The Morgan fingerprint density at radius 2 is 0.960 bits per heavy atom. The van der Waals surface area contributed by atoms with Crippen molar-refractivity contribution in [1.29, 1.82) is 15.8 Å². The summed E-state index contributed by atoms with van der Waals surface area (Å²) in [5.41, 5.74) is 5.65. The zero-order valence-corrected chi connectivity index (χ0v) is 28.0. The number of nitrogens with zero attached hydrogens (tertiary/aromatic N) is 4. The van der Waals surface area contributed by atoms with Crippen LogP contribution in [0, 0.1) is 34.0 Å². The van der Waals surface area contributed by atoms with Crippen LogP contribution in [0.4, 0.5) is 0 Å². The highest BCUT2D eigenvalue weighted by Crippen LogP contribution is 2.38. The number of hydrogen-bond acceptors (Lipinski definition) is 3. The van der Waals surface area contributed by atoms with Crippen molar-refractivity contribution in [2.75, 3.05) is 0 Å². The molecule has 0 spiro atoms. The lowest BCUT2D eigenvalue weighted by Gasteiger charge is -2.34. The van der Waals surface area contributed by atoms with Crippen molar-refractivity contribution in [2.24, 2.45) is 0 Å². The summed E-state index contributed by atoms with van der Waals surface area (Å²) in [6.45, 7) is 0. The first-order valence-corrected chi connectivity index (χ1v) is 18.4. The Kier molecular flexibility index (Phi) is 7.63. The molecule has 0 fully saturated rings. The van der Waals surface area contributed by atoms with Crippen LogP contribution < -0.4 is 20.7 Å². The predicted octanol–water partition coefficient (Wildman–Crippen LogP) is 7.44. The number of nitriles is 3. The van der Waals surface area contributed by atoms with Crippen LogP contribution in [0.25, 0.3) is 38.6 Å². The van der Waals surface area contributed by atoms with E-state index in [2.05, 4.69) is 150 Å². The van der Waals surface area contributed by atoms with Gasteiger partial charge < -0.3 is 4.57 Å². The second-order valence-electron chi connectivity index (χ2n) is 12.3. The van der Waals surface area contributed by atoms with Crippen molar-refractivity contribution in [3.8, 4) is 35.0 Å². The summed E-state index contributed by atoms with van der Waals surface area (Å²) in [6, 6.07) is 65.4. The van der Waals surface area contributed by atoms with E-state index in [0.29, 0.717) is 16.7 Å². The van der Waals surface area contributed by atoms with Crippen LogP contribution in [0.2, 0.25) is 0 Å². The third kappa shape index (κ3) is 4.80. The van der Waals surface area contributed by atoms with Crippen LogP contribution in [0.1, 0.15) is 16.7 Å². The van der Waals surface area contributed by atoms with Gasteiger partial charge in [0.05, 0.1) is 39.5 Å². The number of fused-ring (bicyclic) bond motifs is 3. The van der Waals surface area contributed by atoms with Gasteiger partial charge in [-0.05, 0) is 62.7 Å². The average molecular weight is 653 g/mol. The molecule has 232 valence electrons. The lowest BCUT2D eigenvalue weighted by Crippen LogP contribution is -2.74. The van der Waals surface area contributed by atoms with Crippen molar-refractivity contribution in [3.05, 3.63) is 187 Å². The molecular weight excluding hydrogens is 625 g/mol. The van der Waals surface area contributed by atoms with E-state index in [1.54, 1.807) is 0 Å². The summed E-state index contributed by atoms with van der Waals surface area (Å²) in [6.07, 6.45) is 0. The highest BCUT2D eigenvalue weighted by molar-refractivity contribution is 7.19. The lowest BCUT2D eigenvalue weighted by atomic mass is 9.97. The minimum Gasteiger partial charge on any atom is -0.309 e. The fraction of sp³-hybridized carbons (Fsp3) is 0. The van der Waals surface area contributed by atoms with Crippen LogP contribution in [0.3, 0.4) is 0 Å². The maximum absolute atomic E-state index is 10.2. The summed E-state index contributed by atoms with van der Waals surface area (Å²) in [4.78, 5) is 0. The molecule has 1 aromatic heterocycles. The van der Waals surface area contributed by atoms with Crippen LogP contribution >= 0.6 is 0 Å². The van der Waals surface area contributed by atoms with Gasteiger partial charge in [0, 0.05) is 16.3 Å². The molecule has 0 N–H and O–H groups in total. The standard InChI is InChI=1S/C45H28N4Si/c46-29-32-23-24-44-42(25-32)40-21-10-11-22-43(40)49(44)45-28-35(31-48)34(30-47)27-41(45)33-13-12-20-39(26-33)50(36-14-4-1-5-15-36,37-16-6-2-7-17-37)38-18-8-3-9-19-38/h1-28H. The monoisotopic (exact) mass is 652 g/mol. The minimum atomic E-state index is -2.84. The molecule has 8 aromatic rings. The average Bonchev–Trinajstić information content (AvgIpc) is 3.52. The molecule has 1 heterocycles. The largest absolute Gasteiger partial charge is 0.309 e. The van der Waals surface area contributed by atoms with Gasteiger partial charge in [-0.2, -0.15) is 15.8 Å². The van der Waals surface area contributed by atoms with E-state index in [1.807, 2.05) is 42.5 Å². The highest BCUT2D eigenvalue weighted by Gasteiger charge is 2.41. The number of rotatable bonds is 6. The second-order valence-corrected chi connectivity index (χ2v) is 16.1. The Bertz CT molecular complexity index is 2580. The third-order valence-electron chi connectivity index (χ3n) is 9.65. The SMILES string of the molecule is N#Cc1ccc2c(c1)c1ccccc1n2-c1cc(C#N)c(C#N)cc1-c1cccc([Si](c2ccccc2)(c2ccccc2)c2ccccc2)c1. The first kappa shape index (κ1) is 30.4. The number of benzene rings is 7. The van der Waals surface area contributed by atoms with E-state index in [9.17, 15) is 15.8 Å². The zero-order valence-electron chi connectivity index (χ0n) is 27.0.